The molecule has 0 unspecified atom stereocenters. The predicted molar refractivity (Wildman–Crippen MR) is 105 cm³/mol. The summed E-state index contributed by atoms with van der Waals surface area (Å²) in [6, 6.07) is 0. The maximum atomic E-state index is 13.2. The predicted octanol–water partition coefficient (Wildman–Crippen LogP) is 3.86. The van der Waals surface area contributed by atoms with Crippen LogP contribution in [0.4, 0.5) is 0 Å². The quantitative estimate of drug-likeness (QED) is 0.730. The van der Waals surface area contributed by atoms with Crippen LogP contribution in [0, 0.1) is 17.8 Å². The van der Waals surface area contributed by atoms with E-state index in [-0.39, 0.29) is 24.7 Å². The molecular weight excluding hydrogens is 342 g/mol. The van der Waals surface area contributed by atoms with Crippen LogP contribution in [0.15, 0.2) is 11.8 Å². The van der Waals surface area contributed by atoms with E-state index < -0.39 is 0 Å². The first-order valence-electron chi connectivity index (χ1n) is 11.1. The largest absolute Gasteiger partial charge is 0.459 e. The highest BCUT2D eigenvalue weighted by molar-refractivity contribution is 5.91. The molecule has 3 aliphatic rings. The summed E-state index contributed by atoms with van der Waals surface area (Å²) in [6.45, 7) is 4.41. The highest BCUT2D eigenvalue weighted by Crippen LogP contribution is 2.44. The van der Waals surface area contributed by atoms with Crippen LogP contribution in [0.1, 0.15) is 71.1 Å². The average molecular weight is 380 g/mol. The monoisotopic (exact) mass is 379 g/mol. The number of rotatable bonds is 7. The summed E-state index contributed by atoms with van der Waals surface area (Å²) < 4.78 is 12.1. The van der Waals surface area contributed by atoms with Crippen molar-refractivity contribution in [3.63, 3.8) is 0 Å². The minimum Gasteiger partial charge on any atom is -0.459 e. The first-order chi connectivity index (χ1) is 13.2. The summed E-state index contributed by atoms with van der Waals surface area (Å²) in [4.78, 5) is 15.2. The maximum Gasteiger partial charge on any atom is 0.288 e. The zero-order valence-electron chi connectivity index (χ0n) is 16.9. The van der Waals surface area contributed by atoms with Gasteiger partial charge in [-0.3, -0.25) is 4.79 Å². The molecule has 0 aromatic heterocycles. The first kappa shape index (κ1) is 20.7. The van der Waals surface area contributed by atoms with E-state index in [4.69, 9.17) is 9.47 Å². The van der Waals surface area contributed by atoms with Gasteiger partial charge in [0.05, 0.1) is 0 Å². The third kappa shape index (κ3) is 5.26. The molecule has 3 rings (SSSR count). The minimum atomic E-state index is -0.370. The Morgan fingerprint density at radius 3 is 2.48 bits per heavy atom. The molecular formula is C22H37NO4. The molecule has 2 aliphatic heterocycles. The Morgan fingerprint density at radius 1 is 1.19 bits per heavy atom. The number of carbonyl (C=O) groups excluding carboxylic acids is 1. The van der Waals surface area contributed by atoms with Gasteiger partial charge in [0, 0.05) is 32.2 Å². The number of allylic oxidation sites excluding steroid dienone is 1. The van der Waals surface area contributed by atoms with Crippen molar-refractivity contribution < 1.29 is 19.4 Å². The molecule has 154 valence electrons. The SMILES string of the molecule is CCO[C@@H]1OC(C(=O)N2CCCCCCC2)=C[C@H](C2CCC2)[C@H]1CCCO. The zero-order valence-corrected chi connectivity index (χ0v) is 16.9. The molecule has 1 aliphatic carbocycles. The number of hydrogen-bond acceptors (Lipinski definition) is 4. The lowest BCUT2D eigenvalue weighted by Gasteiger charge is -2.43. The van der Waals surface area contributed by atoms with E-state index in [0.717, 1.165) is 38.8 Å². The van der Waals surface area contributed by atoms with Crippen molar-refractivity contribution in [1.29, 1.82) is 0 Å². The van der Waals surface area contributed by atoms with Crippen LogP contribution in [-0.4, -0.2) is 48.5 Å². The number of aliphatic hydroxyl groups is 1. The molecule has 1 saturated carbocycles. The second-order valence-electron chi connectivity index (χ2n) is 8.33. The third-order valence-corrected chi connectivity index (χ3v) is 6.51. The average Bonchev–Trinajstić information content (AvgIpc) is 2.59. The molecule has 0 radical (unpaired) electrons. The Hall–Kier alpha value is -1.07. The summed E-state index contributed by atoms with van der Waals surface area (Å²) >= 11 is 0. The molecule has 1 N–H and O–H groups in total. The third-order valence-electron chi connectivity index (χ3n) is 6.51. The summed E-state index contributed by atoms with van der Waals surface area (Å²) in [6.07, 6.45) is 13.0. The highest BCUT2D eigenvalue weighted by atomic mass is 16.7. The van der Waals surface area contributed by atoms with Gasteiger partial charge in [0.25, 0.3) is 5.91 Å². The van der Waals surface area contributed by atoms with Crippen molar-refractivity contribution in [2.45, 2.75) is 77.4 Å². The molecule has 0 aromatic carbocycles. The number of likely N-dealkylation sites (tertiary alicyclic amines) is 1. The van der Waals surface area contributed by atoms with Crippen molar-refractivity contribution >= 4 is 5.91 Å². The Labute approximate surface area is 164 Å². The van der Waals surface area contributed by atoms with Gasteiger partial charge in [-0.05, 0) is 63.4 Å². The fourth-order valence-electron chi connectivity index (χ4n) is 4.75. The van der Waals surface area contributed by atoms with Crippen LogP contribution >= 0.6 is 0 Å². The van der Waals surface area contributed by atoms with Gasteiger partial charge in [-0.25, -0.2) is 0 Å². The second kappa shape index (κ2) is 10.5. The Bertz CT molecular complexity index is 495. The maximum absolute atomic E-state index is 13.2. The summed E-state index contributed by atoms with van der Waals surface area (Å²) in [5.41, 5.74) is 0. The Kier molecular flexibility index (Phi) is 8.01. The van der Waals surface area contributed by atoms with Crippen LogP contribution in [0.3, 0.4) is 0 Å². The van der Waals surface area contributed by atoms with Crippen molar-refractivity contribution in [3.8, 4) is 0 Å². The number of aliphatic hydroxyl groups excluding tert-OH is 1. The van der Waals surface area contributed by atoms with Crippen LogP contribution in [-0.2, 0) is 14.3 Å². The number of ether oxygens (including phenoxy) is 2. The van der Waals surface area contributed by atoms with E-state index in [9.17, 15) is 9.90 Å². The Morgan fingerprint density at radius 2 is 1.89 bits per heavy atom. The lowest BCUT2D eigenvalue weighted by Crippen LogP contribution is -2.44. The van der Waals surface area contributed by atoms with Crippen molar-refractivity contribution in [1.82, 2.24) is 4.90 Å². The van der Waals surface area contributed by atoms with Gasteiger partial charge in [-0.2, -0.15) is 0 Å². The van der Waals surface area contributed by atoms with E-state index >= 15 is 0 Å². The van der Waals surface area contributed by atoms with E-state index in [2.05, 4.69) is 6.08 Å². The van der Waals surface area contributed by atoms with Crippen LogP contribution in [0.5, 0.6) is 0 Å². The summed E-state index contributed by atoms with van der Waals surface area (Å²) in [5, 5.41) is 9.31. The number of hydrogen-bond donors (Lipinski definition) is 1. The van der Waals surface area contributed by atoms with E-state index in [0.29, 0.717) is 24.2 Å². The zero-order chi connectivity index (χ0) is 19.1. The molecule has 5 nitrogen and oxygen atoms in total. The van der Waals surface area contributed by atoms with E-state index in [1.54, 1.807) is 0 Å². The normalized spacial score (nSPS) is 29.9. The van der Waals surface area contributed by atoms with Crippen LogP contribution in [0.2, 0.25) is 0 Å². The van der Waals surface area contributed by atoms with E-state index in [1.807, 2.05) is 11.8 Å². The van der Waals surface area contributed by atoms with Crippen molar-refractivity contribution in [2.75, 3.05) is 26.3 Å². The topological polar surface area (TPSA) is 59.0 Å². The molecule has 0 spiro atoms. The summed E-state index contributed by atoms with van der Waals surface area (Å²) in [7, 11) is 0. The molecule has 1 amide bonds. The van der Waals surface area contributed by atoms with Crippen molar-refractivity contribution in [3.05, 3.63) is 11.8 Å². The van der Waals surface area contributed by atoms with Gasteiger partial charge in [0.2, 0.25) is 6.29 Å². The molecule has 27 heavy (non-hydrogen) atoms. The molecule has 2 fully saturated rings. The van der Waals surface area contributed by atoms with Crippen molar-refractivity contribution in [2.24, 2.45) is 17.8 Å². The van der Waals surface area contributed by atoms with Gasteiger partial charge < -0.3 is 19.5 Å². The standard InChI is InChI=1S/C22H37NO4/c1-2-26-22-18(12-9-15-24)19(17-10-8-11-17)16-20(27-22)21(25)23-13-6-4-3-5-7-14-23/h16-19,22,24H,2-15H2,1H3/t18-,19-,22-/m1/s1. The van der Waals surface area contributed by atoms with Gasteiger partial charge >= 0.3 is 0 Å². The second-order valence-corrected chi connectivity index (χ2v) is 8.33. The fourth-order valence-corrected chi connectivity index (χ4v) is 4.75. The van der Waals surface area contributed by atoms with Gasteiger partial charge in [-0.15, -0.1) is 0 Å². The van der Waals surface area contributed by atoms with Crippen LogP contribution in [0.25, 0.3) is 0 Å². The summed E-state index contributed by atoms with van der Waals surface area (Å²) in [5.74, 6) is 1.73. The lowest BCUT2D eigenvalue weighted by molar-refractivity contribution is -0.181. The molecule has 3 atom stereocenters. The molecule has 5 heteroatoms. The number of amides is 1. The van der Waals surface area contributed by atoms with Gasteiger partial charge in [0.15, 0.2) is 5.76 Å². The molecule has 0 aromatic rings. The molecule has 2 heterocycles. The highest BCUT2D eigenvalue weighted by Gasteiger charge is 2.42. The minimum absolute atomic E-state index is 0.0477. The van der Waals surface area contributed by atoms with Gasteiger partial charge in [-0.1, -0.05) is 25.7 Å². The lowest BCUT2D eigenvalue weighted by atomic mass is 9.68. The fraction of sp³-hybridized carbons (Fsp3) is 0.864. The van der Waals surface area contributed by atoms with Gasteiger partial charge in [0.1, 0.15) is 0 Å². The Balaban J connectivity index is 1.77. The first-order valence-corrected chi connectivity index (χ1v) is 11.1. The number of nitrogens with zero attached hydrogens (tertiary/aromatic N) is 1. The molecule has 1 saturated heterocycles. The number of carbonyl (C=O) groups is 1. The smallest absolute Gasteiger partial charge is 0.288 e. The van der Waals surface area contributed by atoms with E-state index in [1.165, 1.54) is 38.5 Å². The van der Waals surface area contributed by atoms with Crippen LogP contribution < -0.4 is 0 Å². The molecule has 0 bridgehead atoms.